The van der Waals surface area contributed by atoms with Crippen LogP contribution in [0.2, 0.25) is 0 Å². The average Bonchev–Trinajstić information content (AvgIpc) is 3.44. The largest absolute Gasteiger partial charge is 0.448 e. The molecule has 12 nitrogen and oxygen atoms in total. The predicted octanol–water partition coefficient (Wildman–Crippen LogP) is 3.51. The number of ether oxygens (including phenoxy) is 2. The number of allylic oxidation sites excluding steroid dienone is 1. The fourth-order valence-corrected chi connectivity index (χ4v) is 7.49. The van der Waals surface area contributed by atoms with Gasteiger partial charge >= 0.3 is 12.1 Å². The maximum atomic E-state index is 14.3. The zero-order chi connectivity index (χ0) is 36.3. The van der Waals surface area contributed by atoms with E-state index < -0.39 is 47.0 Å². The molecular weight excluding hydrogens is 671 g/mol. The number of nitrogens with zero attached hydrogens (tertiary/aromatic N) is 3. The first-order valence-electron chi connectivity index (χ1n) is 16.6. The molecule has 2 aromatic carbocycles. The van der Waals surface area contributed by atoms with Crippen LogP contribution in [-0.4, -0.2) is 68.9 Å². The number of benzene rings is 2. The fourth-order valence-electron chi connectivity index (χ4n) is 6.19. The molecule has 3 aliphatic heterocycles. The first-order valence-corrected chi connectivity index (χ1v) is 17.7. The molecule has 264 valence electrons. The second kappa shape index (κ2) is 14.8. The number of pyridine rings is 1. The van der Waals surface area contributed by atoms with E-state index in [0.717, 1.165) is 16.7 Å². The number of nitrogens with one attached hydrogen (secondary N) is 1. The number of rotatable bonds is 10. The van der Waals surface area contributed by atoms with Crippen LogP contribution in [0.5, 0.6) is 0 Å². The minimum absolute atomic E-state index is 0.0451. The highest BCUT2D eigenvalue weighted by atomic mass is 32.2. The molecule has 6 rings (SSSR count). The number of hydrogen-bond donors (Lipinski definition) is 2. The summed E-state index contributed by atoms with van der Waals surface area (Å²) < 4.78 is 13.3. The Hall–Kier alpha value is -5.43. The van der Waals surface area contributed by atoms with Crippen molar-refractivity contribution in [2.24, 2.45) is 5.73 Å². The van der Waals surface area contributed by atoms with E-state index in [1.807, 2.05) is 72.8 Å². The van der Waals surface area contributed by atoms with Crippen molar-refractivity contribution in [3.05, 3.63) is 125 Å². The molecule has 3 aliphatic rings. The molecule has 0 bridgehead atoms. The van der Waals surface area contributed by atoms with Crippen LogP contribution in [0.15, 0.2) is 108 Å². The zero-order valence-electron chi connectivity index (χ0n) is 28.6. The van der Waals surface area contributed by atoms with Crippen molar-refractivity contribution in [1.82, 2.24) is 15.1 Å². The van der Waals surface area contributed by atoms with Crippen LogP contribution >= 0.6 is 11.8 Å². The number of primary amides is 1. The van der Waals surface area contributed by atoms with Gasteiger partial charge in [0.05, 0.1) is 0 Å². The van der Waals surface area contributed by atoms with Gasteiger partial charge in [-0.15, -0.1) is 11.8 Å². The van der Waals surface area contributed by atoms with E-state index in [0.29, 0.717) is 36.4 Å². The SMILES string of the molecule is CC(C)(C)OC(=O)N[C@@H]1C(=O)N2C(C(=O)OC(c3ccccc3)c3ccccc3)=C(/C=C3\CCN(Cc4cc[n+](CC(N)=O)cc4)C3=O)CS[C@H]12. The standard InChI is InChI=1S/C38H39N5O7S/c1-38(2,3)50-37(48)40-30-34(46)43-31(36(47)49-32(25-10-6-4-7-11-25)26-12-8-5-9-13-26)28(23-51-35(30)43)20-27-16-19-42(33(27)45)21-24-14-17-41(18-15-24)22-29(39)44/h4-15,17-18,20,30,32,35H,16,19,21-23H2,1-3H3,(H2-,39,40,44,48)/p+1/b27-20+/t30-,35-/m1/s1. The molecule has 51 heavy (non-hydrogen) atoms. The van der Waals surface area contributed by atoms with Crippen molar-refractivity contribution in [2.75, 3.05) is 12.3 Å². The summed E-state index contributed by atoms with van der Waals surface area (Å²) in [7, 11) is 0. The summed E-state index contributed by atoms with van der Waals surface area (Å²) in [6.45, 7) is 6.08. The Bertz CT molecular complexity index is 1850. The van der Waals surface area contributed by atoms with Gasteiger partial charge in [-0.3, -0.25) is 19.3 Å². The lowest BCUT2D eigenvalue weighted by molar-refractivity contribution is -0.684. The number of β-lactam (4-membered cyclic amide) rings is 1. The first-order chi connectivity index (χ1) is 24.4. The molecule has 2 fully saturated rings. The molecule has 3 aromatic rings. The number of fused-ring (bicyclic) bond motifs is 1. The summed E-state index contributed by atoms with van der Waals surface area (Å²) in [4.78, 5) is 68.6. The first kappa shape index (κ1) is 35.4. The van der Waals surface area contributed by atoms with Crippen LogP contribution in [0.4, 0.5) is 4.79 Å². The highest BCUT2D eigenvalue weighted by Gasteiger charge is 2.55. The number of thioether (sulfide) groups is 1. The predicted molar refractivity (Wildman–Crippen MR) is 188 cm³/mol. The van der Waals surface area contributed by atoms with Crippen molar-refractivity contribution >= 4 is 41.5 Å². The van der Waals surface area contributed by atoms with Gasteiger partial charge < -0.3 is 25.4 Å². The number of aromatic nitrogens is 1. The maximum absolute atomic E-state index is 14.3. The van der Waals surface area contributed by atoms with Gasteiger partial charge in [-0.2, -0.15) is 4.57 Å². The lowest BCUT2D eigenvalue weighted by Crippen LogP contribution is -2.70. The van der Waals surface area contributed by atoms with Crippen LogP contribution in [-0.2, 0) is 41.7 Å². The molecule has 3 N–H and O–H groups in total. The third-order valence-electron chi connectivity index (χ3n) is 8.53. The van der Waals surface area contributed by atoms with Crippen molar-refractivity contribution < 1.29 is 38.0 Å². The molecule has 0 unspecified atom stereocenters. The van der Waals surface area contributed by atoms with Crippen molar-refractivity contribution in [2.45, 2.75) is 63.4 Å². The van der Waals surface area contributed by atoms with Crippen LogP contribution in [0.25, 0.3) is 0 Å². The van der Waals surface area contributed by atoms with Crippen molar-refractivity contribution in [3.63, 3.8) is 0 Å². The second-order valence-electron chi connectivity index (χ2n) is 13.5. The molecular formula is C38H40N5O7S+. The minimum atomic E-state index is -0.906. The van der Waals surface area contributed by atoms with Gasteiger partial charge in [-0.1, -0.05) is 60.7 Å². The van der Waals surface area contributed by atoms with E-state index in [4.69, 9.17) is 15.2 Å². The lowest BCUT2D eigenvalue weighted by Gasteiger charge is -2.49. The summed E-state index contributed by atoms with van der Waals surface area (Å²) in [6.07, 6.45) is 4.13. The maximum Gasteiger partial charge on any atom is 0.408 e. The van der Waals surface area contributed by atoms with Gasteiger partial charge in [0, 0.05) is 36.5 Å². The number of likely N-dealkylation sites (tertiary alicyclic amines) is 1. The Labute approximate surface area is 300 Å². The fraction of sp³-hybridized carbons (Fsp3) is 0.316. The molecule has 4 heterocycles. The van der Waals surface area contributed by atoms with Crippen molar-refractivity contribution in [1.29, 1.82) is 0 Å². The highest BCUT2D eigenvalue weighted by molar-refractivity contribution is 8.00. The molecule has 4 amide bonds. The van der Waals surface area contributed by atoms with Crippen molar-refractivity contribution in [3.8, 4) is 0 Å². The Morgan fingerprint density at radius 3 is 2.22 bits per heavy atom. The summed E-state index contributed by atoms with van der Waals surface area (Å²) in [6, 6.07) is 21.4. The normalized spacial score (nSPS) is 19.6. The smallest absolute Gasteiger partial charge is 0.408 e. The van der Waals surface area contributed by atoms with E-state index in [-0.39, 0.29) is 18.1 Å². The van der Waals surface area contributed by atoms with Gasteiger partial charge in [-0.05, 0) is 55.5 Å². The highest BCUT2D eigenvalue weighted by Crippen LogP contribution is 2.42. The van der Waals surface area contributed by atoms with Crippen LogP contribution in [0, 0.1) is 0 Å². The zero-order valence-corrected chi connectivity index (χ0v) is 29.4. The third kappa shape index (κ3) is 8.15. The Balaban J connectivity index is 1.29. The number of alkyl carbamates (subject to hydrolysis) is 1. The van der Waals surface area contributed by atoms with Gasteiger partial charge in [0.25, 0.3) is 11.8 Å². The topological polar surface area (TPSA) is 152 Å². The van der Waals surface area contributed by atoms with Gasteiger partial charge in [0.1, 0.15) is 22.7 Å². The van der Waals surface area contributed by atoms with E-state index in [2.05, 4.69) is 5.32 Å². The Kier molecular flexibility index (Phi) is 10.3. The molecule has 2 atom stereocenters. The number of carbonyl (C=O) groups is 5. The number of amides is 4. The molecule has 0 radical (unpaired) electrons. The molecule has 0 saturated carbocycles. The van der Waals surface area contributed by atoms with Gasteiger partial charge in [0.2, 0.25) is 12.5 Å². The Morgan fingerprint density at radius 2 is 1.63 bits per heavy atom. The quantitative estimate of drug-likeness (QED) is 0.140. The van der Waals surface area contributed by atoms with E-state index in [1.54, 1.807) is 48.7 Å². The summed E-state index contributed by atoms with van der Waals surface area (Å²) in [5.41, 5.74) is 7.95. The molecule has 0 aliphatic carbocycles. The minimum Gasteiger partial charge on any atom is -0.448 e. The molecule has 13 heteroatoms. The summed E-state index contributed by atoms with van der Waals surface area (Å²) in [5.74, 6) is -1.53. The third-order valence-corrected chi connectivity index (χ3v) is 9.83. The Morgan fingerprint density at radius 1 is 1.00 bits per heavy atom. The van der Waals surface area contributed by atoms with Crippen LogP contribution in [0.3, 0.4) is 0 Å². The van der Waals surface area contributed by atoms with Crippen LogP contribution in [0.1, 0.15) is 50.0 Å². The second-order valence-corrected chi connectivity index (χ2v) is 14.6. The number of esters is 1. The molecule has 1 aromatic heterocycles. The van der Waals surface area contributed by atoms with E-state index in [1.165, 1.54) is 16.7 Å². The molecule has 0 spiro atoms. The molecule has 2 saturated heterocycles. The van der Waals surface area contributed by atoms with E-state index in [9.17, 15) is 24.0 Å². The van der Waals surface area contributed by atoms with Gasteiger partial charge in [0.15, 0.2) is 18.5 Å². The number of hydrogen-bond acceptors (Lipinski definition) is 8. The number of nitrogens with two attached hydrogens (primary N) is 1. The summed E-state index contributed by atoms with van der Waals surface area (Å²) in [5, 5.41) is 2.09. The number of carbonyl (C=O) groups excluding carboxylic acids is 5. The lowest BCUT2D eigenvalue weighted by atomic mass is 10.00. The van der Waals surface area contributed by atoms with Crippen LogP contribution < -0.4 is 15.6 Å². The van der Waals surface area contributed by atoms with Gasteiger partial charge in [-0.25, -0.2) is 9.59 Å². The summed E-state index contributed by atoms with van der Waals surface area (Å²) >= 11 is 1.38. The van der Waals surface area contributed by atoms with E-state index >= 15 is 0 Å². The average molecular weight is 711 g/mol. The monoisotopic (exact) mass is 710 g/mol.